The maximum absolute atomic E-state index is 14.8. The van der Waals surface area contributed by atoms with E-state index in [1.165, 1.54) is 0 Å². The third-order valence-electron chi connectivity index (χ3n) is 8.56. The predicted octanol–water partition coefficient (Wildman–Crippen LogP) is 3.23. The number of primary amides is 1. The Morgan fingerprint density at radius 3 is 2.24 bits per heavy atom. The molecule has 12 nitrogen and oxygen atoms in total. The van der Waals surface area contributed by atoms with Crippen molar-refractivity contribution in [1.29, 1.82) is 0 Å². The minimum atomic E-state index is -2.39. The summed E-state index contributed by atoms with van der Waals surface area (Å²) in [6.07, 6.45) is 2.08. The van der Waals surface area contributed by atoms with E-state index in [1.54, 1.807) is 32.0 Å². The van der Waals surface area contributed by atoms with Crippen molar-refractivity contribution in [3.8, 4) is 5.75 Å². The van der Waals surface area contributed by atoms with Gasteiger partial charge in [-0.2, -0.15) is 0 Å². The number of Topliss-reactive ketones (excluding diaryl/α,β-unsaturated/α-hetero) is 2. The third kappa shape index (κ3) is 5.81. The summed E-state index contributed by atoms with van der Waals surface area (Å²) in [7, 11) is 7.16. The van der Waals surface area contributed by atoms with Crippen LogP contribution in [0.3, 0.4) is 0 Å². The van der Waals surface area contributed by atoms with Crippen LogP contribution in [-0.4, -0.2) is 80.8 Å². The maximum atomic E-state index is 14.8. The molecule has 3 aliphatic rings. The third-order valence-corrected chi connectivity index (χ3v) is 8.56. The normalized spacial score (nSPS) is 23.7. The Morgan fingerprint density at radius 1 is 1.04 bits per heavy atom. The van der Waals surface area contributed by atoms with Gasteiger partial charge in [0.25, 0.3) is 5.91 Å². The van der Waals surface area contributed by atoms with Crippen LogP contribution in [0.25, 0.3) is 0 Å². The first-order valence-corrected chi connectivity index (χ1v) is 15.3. The highest BCUT2D eigenvalue weighted by molar-refractivity contribution is 6.25. The number of allylic oxidation sites excluding steroid dienone is 2. The molecule has 0 saturated heterocycles. The lowest BCUT2D eigenvalue weighted by molar-refractivity contribution is -0.180. The number of esters is 2. The number of anilines is 1. The molecule has 46 heavy (non-hydrogen) atoms. The number of carbonyl (C=O) groups is 5. The SMILES string of the molecule is C=C(C)OC1=C(C(N)=O)C(=O)[C@@]2(OC(C)=O)C(OC(C)=O)=C3C(=O)c4c(OCCCC)ccc(N(C)C)c4C[C@H]3C[C@H]2C1N(C)C. The Bertz CT molecular complexity index is 1570. The molecular formula is C34H43N3O9. The molecule has 0 bridgehead atoms. The van der Waals surface area contributed by atoms with Crippen molar-refractivity contribution in [2.45, 2.75) is 65.0 Å². The van der Waals surface area contributed by atoms with E-state index in [1.807, 2.05) is 32.0 Å². The molecule has 0 saturated carbocycles. The summed E-state index contributed by atoms with van der Waals surface area (Å²) in [6, 6.07) is 2.73. The van der Waals surface area contributed by atoms with Gasteiger partial charge in [0.1, 0.15) is 17.1 Å². The zero-order chi connectivity index (χ0) is 34.2. The summed E-state index contributed by atoms with van der Waals surface area (Å²) in [6.45, 7) is 9.95. The Morgan fingerprint density at radius 2 is 1.72 bits per heavy atom. The van der Waals surface area contributed by atoms with E-state index < -0.39 is 64.2 Å². The number of hydrogen-bond donors (Lipinski definition) is 1. The highest BCUT2D eigenvalue weighted by atomic mass is 16.6. The van der Waals surface area contributed by atoms with E-state index in [0.29, 0.717) is 18.8 Å². The fourth-order valence-corrected chi connectivity index (χ4v) is 6.98. The highest BCUT2D eigenvalue weighted by Crippen LogP contribution is 2.56. The van der Waals surface area contributed by atoms with E-state index in [2.05, 4.69) is 6.58 Å². The van der Waals surface area contributed by atoms with Crippen molar-refractivity contribution in [1.82, 2.24) is 4.90 Å². The van der Waals surface area contributed by atoms with Crippen molar-refractivity contribution in [3.05, 3.63) is 58.3 Å². The number of nitrogens with two attached hydrogens (primary N) is 1. The zero-order valence-electron chi connectivity index (χ0n) is 27.8. The predicted molar refractivity (Wildman–Crippen MR) is 169 cm³/mol. The number of ketones is 2. The second-order valence-electron chi connectivity index (χ2n) is 12.4. The summed E-state index contributed by atoms with van der Waals surface area (Å²) in [4.78, 5) is 71.7. The molecule has 0 spiro atoms. The van der Waals surface area contributed by atoms with E-state index >= 15 is 0 Å². The second kappa shape index (κ2) is 13.1. The second-order valence-corrected chi connectivity index (χ2v) is 12.4. The van der Waals surface area contributed by atoms with Gasteiger partial charge in [-0.25, -0.2) is 0 Å². The summed E-state index contributed by atoms with van der Waals surface area (Å²) in [5.74, 6) is -5.95. The molecule has 248 valence electrons. The number of benzene rings is 1. The first-order valence-electron chi connectivity index (χ1n) is 15.3. The van der Waals surface area contributed by atoms with Crippen LogP contribution in [0, 0.1) is 11.8 Å². The molecule has 2 N–H and O–H groups in total. The van der Waals surface area contributed by atoms with Gasteiger partial charge in [0.05, 0.1) is 24.0 Å². The van der Waals surface area contributed by atoms with Gasteiger partial charge >= 0.3 is 11.9 Å². The topological polar surface area (TPSA) is 155 Å². The standard InChI is InChI=1S/C34H43N3O9/c1-10-11-14-43-24-13-12-23(36(6)7)21-15-20-16-22-28(37(8)9)30(44-17(2)3)27(33(35)42)31(41)34(22,46-19(5)39)32(45-18(4)38)25(20)29(40)26(21)24/h12-13,20,22,28H,2,10-11,14-16H2,1,3-9H3,(H2,35,42)/t20-,22-,28?,34+/m0/s1. The Labute approximate surface area is 269 Å². The van der Waals surface area contributed by atoms with Crippen LogP contribution in [0.5, 0.6) is 5.75 Å². The lowest BCUT2D eigenvalue weighted by Crippen LogP contribution is -2.66. The van der Waals surface area contributed by atoms with Gasteiger partial charge in [-0.3, -0.25) is 28.9 Å². The average Bonchev–Trinajstić information content (AvgIpc) is 2.93. The fourth-order valence-electron chi connectivity index (χ4n) is 6.98. The molecule has 4 atom stereocenters. The molecule has 1 unspecified atom stereocenters. The molecule has 4 rings (SSSR count). The Hall–Kier alpha value is -4.45. The Balaban J connectivity index is 2.13. The number of nitrogens with zero attached hydrogens (tertiary/aromatic N) is 2. The number of fused-ring (bicyclic) bond motifs is 3. The van der Waals surface area contributed by atoms with Crippen molar-refractivity contribution >= 4 is 35.1 Å². The molecule has 0 fully saturated rings. The summed E-state index contributed by atoms with van der Waals surface area (Å²) < 4.78 is 23.7. The van der Waals surface area contributed by atoms with Crippen molar-refractivity contribution in [2.24, 2.45) is 17.6 Å². The molecule has 0 aliphatic heterocycles. The van der Waals surface area contributed by atoms with Gasteiger partial charge in [0, 0.05) is 45.1 Å². The number of hydrogen-bond acceptors (Lipinski definition) is 11. The molecule has 1 amide bonds. The number of likely N-dealkylation sites (N-methyl/N-ethyl adjacent to an activating group) is 1. The number of unbranched alkanes of at least 4 members (excludes halogenated alkanes) is 1. The minimum Gasteiger partial charge on any atom is -0.493 e. The van der Waals surface area contributed by atoms with Crippen LogP contribution in [0.4, 0.5) is 5.69 Å². The summed E-state index contributed by atoms with van der Waals surface area (Å²) in [5.41, 5.74) is 4.66. The average molecular weight is 638 g/mol. The van der Waals surface area contributed by atoms with Crippen molar-refractivity contribution in [2.75, 3.05) is 39.7 Å². The summed E-state index contributed by atoms with van der Waals surface area (Å²) in [5, 5.41) is 0. The molecular weight excluding hydrogens is 594 g/mol. The maximum Gasteiger partial charge on any atom is 0.307 e. The van der Waals surface area contributed by atoms with Gasteiger partial charge in [-0.15, -0.1) is 0 Å². The summed E-state index contributed by atoms with van der Waals surface area (Å²) >= 11 is 0. The quantitative estimate of drug-likeness (QED) is 0.165. The molecule has 1 aromatic rings. The first kappa shape index (κ1) is 34.4. The van der Waals surface area contributed by atoms with Crippen LogP contribution in [0.1, 0.15) is 62.9 Å². The van der Waals surface area contributed by atoms with E-state index in [4.69, 9.17) is 24.7 Å². The van der Waals surface area contributed by atoms with Crippen LogP contribution in [0.15, 0.2) is 47.1 Å². The van der Waals surface area contributed by atoms with E-state index in [9.17, 15) is 24.0 Å². The number of carbonyl (C=O) groups excluding carboxylic acids is 5. The van der Waals surface area contributed by atoms with Crippen LogP contribution in [-0.2, 0) is 39.8 Å². The van der Waals surface area contributed by atoms with Gasteiger partial charge < -0.3 is 29.6 Å². The number of rotatable bonds is 11. The first-order chi connectivity index (χ1) is 21.6. The molecule has 0 heterocycles. The zero-order valence-corrected chi connectivity index (χ0v) is 27.8. The largest absolute Gasteiger partial charge is 0.493 e. The molecule has 1 aromatic carbocycles. The lowest BCUT2D eigenvalue weighted by Gasteiger charge is -2.52. The van der Waals surface area contributed by atoms with Crippen LogP contribution in [0.2, 0.25) is 0 Å². The number of ether oxygens (including phenoxy) is 4. The fraction of sp³-hybridized carbons (Fsp3) is 0.500. The van der Waals surface area contributed by atoms with Crippen LogP contribution >= 0.6 is 0 Å². The van der Waals surface area contributed by atoms with Gasteiger partial charge in [0.2, 0.25) is 11.4 Å². The molecule has 3 aliphatic carbocycles. The monoisotopic (exact) mass is 637 g/mol. The molecule has 12 heteroatoms. The smallest absolute Gasteiger partial charge is 0.307 e. The Kier molecular flexibility index (Phi) is 9.81. The number of amides is 1. The van der Waals surface area contributed by atoms with Crippen molar-refractivity contribution < 1.29 is 42.9 Å². The lowest BCUT2D eigenvalue weighted by atomic mass is 9.58. The van der Waals surface area contributed by atoms with E-state index in [-0.39, 0.29) is 29.1 Å². The molecule has 0 radical (unpaired) electrons. The van der Waals surface area contributed by atoms with Crippen molar-refractivity contribution in [3.63, 3.8) is 0 Å². The van der Waals surface area contributed by atoms with Crippen LogP contribution < -0.4 is 15.4 Å². The van der Waals surface area contributed by atoms with Gasteiger partial charge in [-0.05, 0) is 63.9 Å². The molecule has 0 aromatic heterocycles. The minimum absolute atomic E-state index is 0.00962. The van der Waals surface area contributed by atoms with Gasteiger partial charge in [0.15, 0.2) is 11.5 Å². The van der Waals surface area contributed by atoms with E-state index in [0.717, 1.165) is 37.9 Å². The van der Waals surface area contributed by atoms with Gasteiger partial charge in [-0.1, -0.05) is 19.9 Å². The highest BCUT2D eigenvalue weighted by Gasteiger charge is 2.67.